The maximum absolute atomic E-state index is 13.5. The smallest absolute Gasteiger partial charge is 0.253 e. The van der Waals surface area contributed by atoms with Gasteiger partial charge in [-0.1, -0.05) is 15.9 Å². The van der Waals surface area contributed by atoms with Gasteiger partial charge in [0.2, 0.25) is 5.91 Å². The van der Waals surface area contributed by atoms with Crippen LogP contribution in [0.15, 0.2) is 40.9 Å². The molecule has 0 saturated carbocycles. The molecule has 0 bridgehead atoms. The van der Waals surface area contributed by atoms with Crippen LogP contribution in [0.4, 0.5) is 11.4 Å². The lowest BCUT2D eigenvalue weighted by Crippen LogP contribution is -2.42. The molecule has 2 saturated heterocycles. The molecule has 3 heterocycles. The number of H-pyrrole nitrogens is 1. The average Bonchev–Trinajstić information content (AvgIpc) is 3.42. The Morgan fingerprint density at radius 3 is 2.84 bits per heavy atom. The number of imidazole rings is 1. The lowest BCUT2D eigenvalue weighted by molar-refractivity contribution is -0.125. The molecule has 2 aliphatic heterocycles. The number of anilines is 2. The van der Waals surface area contributed by atoms with Crippen molar-refractivity contribution in [3.8, 4) is 0 Å². The highest BCUT2D eigenvalue weighted by atomic mass is 79.9. The first-order valence-corrected chi connectivity index (χ1v) is 11.3. The molecule has 2 N–H and O–H groups in total. The summed E-state index contributed by atoms with van der Waals surface area (Å²) in [6, 6.07) is 11.4. The first-order valence-electron chi connectivity index (χ1n) is 10.5. The number of benzene rings is 2. The summed E-state index contributed by atoms with van der Waals surface area (Å²) in [4.78, 5) is 35.4. The van der Waals surface area contributed by atoms with E-state index in [9.17, 15) is 9.59 Å². The third-order valence-electron chi connectivity index (χ3n) is 6.08. The third-order valence-corrected chi connectivity index (χ3v) is 6.58. The lowest BCUT2D eigenvalue weighted by atomic mass is 9.85. The predicted molar refractivity (Wildman–Crippen MR) is 124 cm³/mol. The van der Waals surface area contributed by atoms with Crippen LogP contribution >= 0.6 is 15.9 Å². The summed E-state index contributed by atoms with van der Waals surface area (Å²) in [6.45, 7) is 3.81. The number of hydrogen-bond donors (Lipinski definition) is 2. The zero-order chi connectivity index (χ0) is 22.3. The Hall–Kier alpha value is -2.75. The molecule has 5 rings (SSSR count). The van der Waals surface area contributed by atoms with Crippen LogP contribution in [0.3, 0.4) is 0 Å². The molecule has 2 fully saturated rings. The molecular formula is C23H23BrN4O4. The number of nitrogens with one attached hydrogen (secondary N) is 2. The second kappa shape index (κ2) is 8.31. The Morgan fingerprint density at radius 1 is 1.22 bits per heavy atom. The Morgan fingerprint density at radius 2 is 2.09 bits per heavy atom. The fraction of sp³-hybridized carbons (Fsp3) is 0.348. The monoisotopic (exact) mass is 498 g/mol. The maximum atomic E-state index is 13.5. The summed E-state index contributed by atoms with van der Waals surface area (Å²) in [5, 5.41) is 3.04. The summed E-state index contributed by atoms with van der Waals surface area (Å²) in [7, 11) is 0. The summed E-state index contributed by atoms with van der Waals surface area (Å²) < 4.78 is 11.8. The summed E-state index contributed by atoms with van der Waals surface area (Å²) in [5.74, 6) is 0.380. The highest BCUT2D eigenvalue weighted by Gasteiger charge is 2.46. The van der Waals surface area contributed by atoms with E-state index >= 15 is 0 Å². The minimum atomic E-state index is -0.891. The minimum absolute atomic E-state index is 0.0604. The zero-order valence-electron chi connectivity index (χ0n) is 17.6. The average molecular weight is 499 g/mol. The third kappa shape index (κ3) is 3.70. The molecule has 1 atom stereocenters. The van der Waals surface area contributed by atoms with E-state index in [1.165, 1.54) is 0 Å². The molecular weight excluding hydrogens is 476 g/mol. The topological polar surface area (TPSA) is 96.6 Å². The fourth-order valence-corrected chi connectivity index (χ4v) is 4.67. The number of ether oxygens (including phenoxy) is 2. The van der Waals surface area contributed by atoms with Crippen LogP contribution < -0.4 is 10.2 Å². The molecule has 32 heavy (non-hydrogen) atoms. The van der Waals surface area contributed by atoms with Gasteiger partial charge in [0.25, 0.3) is 5.91 Å². The van der Waals surface area contributed by atoms with Gasteiger partial charge in [0, 0.05) is 29.0 Å². The van der Waals surface area contributed by atoms with E-state index in [1.807, 2.05) is 43.3 Å². The van der Waals surface area contributed by atoms with E-state index < -0.39 is 5.41 Å². The highest BCUT2D eigenvalue weighted by Crippen LogP contribution is 2.35. The quantitative estimate of drug-likeness (QED) is 0.575. The molecule has 2 amide bonds. The number of aromatic amines is 1. The number of fused-ring (bicyclic) bond motifs is 1. The Kier molecular flexibility index (Phi) is 5.48. The van der Waals surface area contributed by atoms with Gasteiger partial charge >= 0.3 is 0 Å². The second-order valence-corrected chi connectivity index (χ2v) is 9.10. The van der Waals surface area contributed by atoms with Crippen molar-refractivity contribution in [2.75, 3.05) is 43.2 Å². The van der Waals surface area contributed by atoms with Crippen LogP contribution in [0.2, 0.25) is 0 Å². The molecule has 0 radical (unpaired) electrons. The molecule has 1 unspecified atom stereocenters. The van der Waals surface area contributed by atoms with E-state index in [1.54, 1.807) is 4.90 Å². The van der Waals surface area contributed by atoms with Crippen molar-refractivity contribution >= 4 is 50.2 Å². The highest BCUT2D eigenvalue weighted by molar-refractivity contribution is 9.10. The first kappa shape index (κ1) is 21.1. The van der Waals surface area contributed by atoms with Gasteiger partial charge in [0.1, 0.15) is 17.8 Å². The predicted octanol–water partition coefficient (Wildman–Crippen LogP) is 3.29. The second-order valence-electron chi connectivity index (χ2n) is 8.18. The summed E-state index contributed by atoms with van der Waals surface area (Å²) in [6.07, 6.45) is 0.541. The van der Waals surface area contributed by atoms with Crippen LogP contribution in [-0.4, -0.2) is 54.8 Å². The number of carbonyl (C=O) groups is 2. The number of carbonyl (C=O) groups excluding carboxylic acids is 2. The van der Waals surface area contributed by atoms with Gasteiger partial charge in [-0.15, -0.1) is 0 Å². The number of nitrogens with zero attached hydrogens (tertiary/aromatic N) is 2. The Labute approximate surface area is 193 Å². The maximum Gasteiger partial charge on any atom is 0.253 e. The van der Waals surface area contributed by atoms with E-state index in [-0.39, 0.29) is 25.0 Å². The Balaban J connectivity index is 1.42. The summed E-state index contributed by atoms with van der Waals surface area (Å²) in [5.41, 5.74) is 3.18. The van der Waals surface area contributed by atoms with Gasteiger partial charge in [-0.05, 0) is 55.3 Å². The molecule has 9 heteroatoms. The van der Waals surface area contributed by atoms with E-state index in [0.717, 1.165) is 26.8 Å². The van der Waals surface area contributed by atoms with E-state index in [2.05, 4.69) is 26.2 Å². The number of aryl methyl sites for hydroxylation is 1. The number of rotatable bonds is 4. The fourth-order valence-electron chi connectivity index (χ4n) is 4.31. The van der Waals surface area contributed by atoms with Gasteiger partial charge in [-0.2, -0.15) is 0 Å². The number of hydrogen-bond acceptors (Lipinski definition) is 5. The van der Waals surface area contributed by atoms with Crippen molar-refractivity contribution in [2.45, 2.75) is 18.8 Å². The first-order chi connectivity index (χ1) is 15.5. The number of aromatic nitrogens is 2. The van der Waals surface area contributed by atoms with Crippen molar-refractivity contribution < 1.29 is 19.1 Å². The van der Waals surface area contributed by atoms with Gasteiger partial charge in [-0.3, -0.25) is 9.59 Å². The number of amides is 2. The summed E-state index contributed by atoms with van der Waals surface area (Å²) >= 11 is 3.47. The molecule has 0 aliphatic carbocycles. The van der Waals surface area contributed by atoms with Crippen molar-refractivity contribution in [1.82, 2.24) is 9.97 Å². The SMILES string of the molecule is Cc1cc(NC(=O)C2(c3nc4ccc(Br)cc4[nH]3)CCOC2)ccc1N1CCOCC1=O. The molecule has 1 aromatic heterocycles. The lowest BCUT2D eigenvalue weighted by Gasteiger charge is -2.28. The molecule has 0 spiro atoms. The van der Waals surface area contributed by atoms with Crippen molar-refractivity contribution in [3.63, 3.8) is 0 Å². The number of morpholine rings is 1. The molecule has 8 nitrogen and oxygen atoms in total. The van der Waals surface area contributed by atoms with E-state index in [0.29, 0.717) is 37.7 Å². The molecule has 2 aliphatic rings. The molecule has 166 valence electrons. The molecule has 3 aromatic rings. The van der Waals surface area contributed by atoms with Crippen molar-refractivity contribution in [3.05, 3.63) is 52.3 Å². The van der Waals surface area contributed by atoms with Gasteiger partial charge in [0.15, 0.2) is 0 Å². The minimum Gasteiger partial charge on any atom is -0.380 e. The van der Waals surface area contributed by atoms with Gasteiger partial charge in [0.05, 0.1) is 24.2 Å². The normalized spacial score (nSPS) is 21.3. The van der Waals surface area contributed by atoms with Crippen LogP contribution in [0.1, 0.15) is 17.8 Å². The molecule has 2 aromatic carbocycles. The van der Waals surface area contributed by atoms with Crippen LogP contribution in [0.25, 0.3) is 11.0 Å². The van der Waals surface area contributed by atoms with Crippen LogP contribution in [-0.2, 0) is 24.5 Å². The standard InChI is InChI=1S/C23H23BrN4O4/c1-14-10-16(3-5-19(14)28-7-9-31-12-20(28)29)25-22(30)23(6-8-32-13-23)21-26-17-4-2-15(24)11-18(17)27-21/h2-5,10-11H,6-9,12-13H2,1H3,(H,25,30)(H,26,27). The number of halogens is 1. The van der Waals surface area contributed by atoms with Crippen molar-refractivity contribution in [1.29, 1.82) is 0 Å². The van der Waals surface area contributed by atoms with E-state index in [4.69, 9.17) is 14.5 Å². The largest absolute Gasteiger partial charge is 0.380 e. The Bertz CT molecular complexity index is 1200. The van der Waals surface area contributed by atoms with Gasteiger partial charge < -0.3 is 24.7 Å². The van der Waals surface area contributed by atoms with Crippen LogP contribution in [0, 0.1) is 6.92 Å². The van der Waals surface area contributed by atoms with Crippen molar-refractivity contribution in [2.24, 2.45) is 0 Å². The van der Waals surface area contributed by atoms with Crippen LogP contribution in [0.5, 0.6) is 0 Å². The zero-order valence-corrected chi connectivity index (χ0v) is 19.2. The van der Waals surface area contributed by atoms with Gasteiger partial charge in [-0.25, -0.2) is 4.98 Å².